The van der Waals surface area contributed by atoms with Crippen molar-refractivity contribution in [2.45, 2.75) is 25.4 Å². The summed E-state index contributed by atoms with van der Waals surface area (Å²) in [6.07, 6.45) is 0.184. The van der Waals surface area contributed by atoms with E-state index in [1.165, 1.54) is 11.8 Å². The van der Waals surface area contributed by atoms with Crippen LogP contribution in [0.5, 0.6) is 0 Å². The number of aromatic nitrogens is 3. The van der Waals surface area contributed by atoms with Gasteiger partial charge in [0.25, 0.3) is 0 Å². The number of rotatable bonds is 9. The van der Waals surface area contributed by atoms with Gasteiger partial charge >= 0.3 is 5.97 Å². The first-order valence-electron chi connectivity index (χ1n) is 11.2. The molecule has 1 amide bonds. The Morgan fingerprint density at radius 3 is 2.47 bits per heavy atom. The number of anilines is 1. The predicted molar refractivity (Wildman–Crippen MR) is 140 cm³/mol. The van der Waals surface area contributed by atoms with Crippen molar-refractivity contribution < 1.29 is 14.3 Å². The number of thiophene rings is 1. The monoisotopic (exact) mass is 517 g/mol. The van der Waals surface area contributed by atoms with E-state index in [2.05, 4.69) is 21.6 Å². The van der Waals surface area contributed by atoms with Gasteiger partial charge in [0.1, 0.15) is 15.9 Å². The second-order valence-electron chi connectivity index (χ2n) is 7.58. The minimum absolute atomic E-state index is 0.184. The third-order valence-electron chi connectivity index (χ3n) is 5.21. The Kier molecular flexibility index (Phi) is 8.15. The maximum Gasteiger partial charge on any atom is 0.348 e. The molecule has 0 spiro atoms. The van der Waals surface area contributed by atoms with Gasteiger partial charge in [-0.3, -0.25) is 9.36 Å². The van der Waals surface area contributed by atoms with Crippen molar-refractivity contribution in [2.75, 3.05) is 17.7 Å². The van der Waals surface area contributed by atoms with E-state index in [-0.39, 0.29) is 24.5 Å². The number of carbonyl (C=O) groups is 2. The lowest BCUT2D eigenvalue weighted by molar-refractivity contribution is -0.115. The number of nitriles is 1. The van der Waals surface area contributed by atoms with Gasteiger partial charge < -0.3 is 10.1 Å². The summed E-state index contributed by atoms with van der Waals surface area (Å²) in [5, 5.41) is 22.1. The molecule has 0 aliphatic rings. The predicted octanol–water partition coefficient (Wildman–Crippen LogP) is 5.47. The summed E-state index contributed by atoms with van der Waals surface area (Å²) >= 11 is 2.47. The third kappa shape index (κ3) is 5.48. The van der Waals surface area contributed by atoms with Crippen LogP contribution in [0, 0.1) is 18.3 Å². The summed E-state index contributed by atoms with van der Waals surface area (Å²) < 4.78 is 7.03. The Morgan fingerprint density at radius 1 is 1.11 bits per heavy atom. The second kappa shape index (κ2) is 11.7. The second-order valence-corrected chi connectivity index (χ2v) is 9.67. The Bertz CT molecular complexity index is 1410. The average molecular weight is 518 g/mol. The van der Waals surface area contributed by atoms with Crippen LogP contribution in [0.4, 0.5) is 5.00 Å². The number of amides is 1. The van der Waals surface area contributed by atoms with Gasteiger partial charge in [0, 0.05) is 23.4 Å². The smallest absolute Gasteiger partial charge is 0.348 e. The molecule has 0 aliphatic carbocycles. The maximum absolute atomic E-state index is 12.7. The standard InChI is InChI=1S/C26H23N5O3S2/c1-3-34-25(33)22-17(2)20(16-27)24(36-22)28-21(32)14-15-35-26-30-29-23(18-10-6-4-7-11-18)31(26)19-12-8-5-9-13-19/h4-13H,3,14-15H2,1-2H3,(H,28,32). The van der Waals surface area contributed by atoms with Gasteiger partial charge in [-0.2, -0.15) is 5.26 Å². The van der Waals surface area contributed by atoms with Crippen LogP contribution in [0.2, 0.25) is 0 Å². The molecule has 0 saturated heterocycles. The number of para-hydroxylation sites is 1. The summed E-state index contributed by atoms with van der Waals surface area (Å²) in [6.45, 7) is 3.62. The van der Waals surface area contributed by atoms with Gasteiger partial charge in [-0.05, 0) is 31.5 Å². The van der Waals surface area contributed by atoms with Crippen molar-refractivity contribution in [2.24, 2.45) is 0 Å². The molecular weight excluding hydrogens is 494 g/mol. The third-order valence-corrected chi connectivity index (χ3v) is 7.33. The largest absolute Gasteiger partial charge is 0.462 e. The molecule has 0 radical (unpaired) electrons. The molecule has 8 nitrogen and oxygen atoms in total. The van der Waals surface area contributed by atoms with E-state index in [9.17, 15) is 14.9 Å². The fraction of sp³-hybridized carbons (Fsp3) is 0.192. The van der Waals surface area contributed by atoms with Gasteiger partial charge in [-0.25, -0.2) is 4.79 Å². The number of nitrogens with zero attached hydrogens (tertiary/aromatic N) is 4. The fourth-order valence-electron chi connectivity index (χ4n) is 3.50. The van der Waals surface area contributed by atoms with E-state index in [4.69, 9.17) is 4.74 Å². The number of hydrogen-bond acceptors (Lipinski definition) is 8. The van der Waals surface area contributed by atoms with Gasteiger partial charge in [0.15, 0.2) is 11.0 Å². The van der Waals surface area contributed by atoms with Crippen LogP contribution in [-0.2, 0) is 9.53 Å². The summed E-state index contributed by atoms with van der Waals surface area (Å²) in [5.41, 5.74) is 2.65. The Morgan fingerprint density at radius 2 is 1.81 bits per heavy atom. The first kappa shape index (κ1) is 25.2. The van der Waals surface area contributed by atoms with Crippen molar-refractivity contribution >= 4 is 40.0 Å². The highest BCUT2D eigenvalue weighted by Crippen LogP contribution is 2.33. The highest BCUT2D eigenvalue weighted by atomic mass is 32.2. The number of nitrogens with one attached hydrogen (secondary N) is 1. The molecule has 2 aromatic carbocycles. The van der Waals surface area contributed by atoms with Crippen LogP contribution in [0.15, 0.2) is 65.8 Å². The zero-order valence-electron chi connectivity index (χ0n) is 19.7. The molecule has 2 aromatic heterocycles. The van der Waals surface area contributed by atoms with Gasteiger partial charge in [0.05, 0.1) is 12.2 Å². The highest BCUT2D eigenvalue weighted by molar-refractivity contribution is 7.99. The fourth-order valence-corrected chi connectivity index (χ4v) is 5.46. The topological polar surface area (TPSA) is 110 Å². The van der Waals surface area contributed by atoms with E-state index in [0.717, 1.165) is 22.6 Å². The molecule has 0 aliphatic heterocycles. The molecular formula is C26H23N5O3S2. The van der Waals surface area contributed by atoms with Gasteiger partial charge in [-0.1, -0.05) is 60.3 Å². The average Bonchev–Trinajstić information content (AvgIpc) is 3.45. The Labute approximate surface area is 216 Å². The van der Waals surface area contributed by atoms with Gasteiger partial charge in [0.2, 0.25) is 5.91 Å². The number of benzene rings is 2. The number of esters is 1. The van der Waals surface area contributed by atoms with E-state index in [0.29, 0.717) is 32.2 Å². The molecule has 36 heavy (non-hydrogen) atoms. The lowest BCUT2D eigenvalue weighted by Gasteiger charge is -2.10. The molecule has 10 heteroatoms. The molecule has 4 rings (SSSR count). The summed E-state index contributed by atoms with van der Waals surface area (Å²) in [6, 6.07) is 21.7. The SMILES string of the molecule is CCOC(=O)c1sc(NC(=O)CCSc2nnc(-c3ccccc3)n2-c2ccccc2)c(C#N)c1C. The molecule has 0 bridgehead atoms. The van der Waals surface area contributed by atoms with Crippen molar-refractivity contribution in [1.82, 2.24) is 14.8 Å². The lowest BCUT2D eigenvalue weighted by Crippen LogP contribution is -2.12. The van der Waals surface area contributed by atoms with Crippen molar-refractivity contribution in [1.29, 1.82) is 5.26 Å². The van der Waals surface area contributed by atoms with E-state index in [1.807, 2.05) is 65.2 Å². The molecule has 0 atom stereocenters. The number of hydrogen-bond donors (Lipinski definition) is 1. The molecule has 0 unspecified atom stereocenters. The number of ether oxygens (including phenoxy) is 1. The zero-order chi connectivity index (χ0) is 25.5. The minimum Gasteiger partial charge on any atom is -0.462 e. The first-order chi connectivity index (χ1) is 17.5. The summed E-state index contributed by atoms with van der Waals surface area (Å²) in [7, 11) is 0. The molecule has 0 saturated carbocycles. The highest BCUT2D eigenvalue weighted by Gasteiger charge is 2.22. The molecule has 1 N–H and O–H groups in total. The van der Waals surface area contributed by atoms with Crippen LogP contribution >= 0.6 is 23.1 Å². The van der Waals surface area contributed by atoms with E-state index < -0.39 is 5.97 Å². The van der Waals surface area contributed by atoms with E-state index >= 15 is 0 Å². The maximum atomic E-state index is 12.7. The Hall–Kier alpha value is -3.94. The van der Waals surface area contributed by atoms with Crippen molar-refractivity contribution in [3.63, 3.8) is 0 Å². The van der Waals surface area contributed by atoms with Crippen LogP contribution in [0.1, 0.15) is 34.1 Å². The molecule has 2 heterocycles. The van der Waals surface area contributed by atoms with E-state index in [1.54, 1.807) is 13.8 Å². The zero-order valence-corrected chi connectivity index (χ0v) is 21.4. The minimum atomic E-state index is -0.498. The molecule has 4 aromatic rings. The van der Waals surface area contributed by atoms with Gasteiger partial charge in [-0.15, -0.1) is 21.5 Å². The van der Waals surface area contributed by atoms with Crippen LogP contribution in [0.3, 0.4) is 0 Å². The number of carbonyl (C=O) groups excluding carboxylic acids is 2. The number of thioether (sulfide) groups is 1. The van der Waals surface area contributed by atoms with Crippen LogP contribution in [-0.4, -0.2) is 39.0 Å². The first-order valence-corrected chi connectivity index (χ1v) is 13.0. The van der Waals surface area contributed by atoms with Crippen LogP contribution in [0.25, 0.3) is 17.1 Å². The van der Waals surface area contributed by atoms with Crippen LogP contribution < -0.4 is 5.32 Å². The summed E-state index contributed by atoms with van der Waals surface area (Å²) in [4.78, 5) is 25.2. The normalized spacial score (nSPS) is 10.6. The lowest BCUT2D eigenvalue weighted by atomic mass is 10.2. The van der Waals surface area contributed by atoms with Crippen molar-refractivity contribution in [3.05, 3.63) is 76.7 Å². The quantitative estimate of drug-likeness (QED) is 0.231. The Balaban J connectivity index is 1.48. The molecule has 182 valence electrons. The van der Waals surface area contributed by atoms with Crippen molar-refractivity contribution in [3.8, 4) is 23.1 Å². The molecule has 0 fully saturated rings. The summed E-state index contributed by atoms with van der Waals surface area (Å²) in [5.74, 6) is 0.405.